The van der Waals surface area contributed by atoms with Crippen LogP contribution in [0, 0.1) is 0 Å². The Morgan fingerprint density at radius 2 is 2.45 bits per heavy atom. The highest BCUT2D eigenvalue weighted by Crippen LogP contribution is 2.33. The highest BCUT2D eigenvalue weighted by Gasteiger charge is 2.33. The molecule has 1 atom stereocenters. The van der Waals surface area contributed by atoms with Gasteiger partial charge in [-0.2, -0.15) is 0 Å². The van der Waals surface area contributed by atoms with E-state index in [0.717, 1.165) is 43.7 Å². The molecule has 2 aromatic rings. The third-order valence-electron chi connectivity index (χ3n) is 3.66. The minimum Gasteiger partial charge on any atom is -0.467 e. The lowest BCUT2D eigenvalue weighted by Crippen LogP contribution is -2.30. The number of aromatic nitrogens is 1. The number of carbonyl (C=O) groups excluding carboxylic acids is 1. The zero-order valence-corrected chi connectivity index (χ0v) is 11.5. The molecule has 106 valence electrons. The van der Waals surface area contributed by atoms with Gasteiger partial charge in [0, 0.05) is 19.0 Å². The topological polar surface area (TPSA) is 59.5 Å². The van der Waals surface area contributed by atoms with Gasteiger partial charge >= 0.3 is 0 Å². The van der Waals surface area contributed by atoms with Gasteiger partial charge in [-0.15, -0.1) is 0 Å². The van der Waals surface area contributed by atoms with Crippen molar-refractivity contribution in [1.29, 1.82) is 0 Å². The van der Waals surface area contributed by atoms with Crippen LogP contribution in [0.3, 0.4) is 0 Å². The Bertz CT molecular complexity index is 574. The summed E-state index contributed by atoms with van der Waals surface area (Å²) in [6, 6.07) is 5.54. The van der Waals surface area contributed by atoms with E-state index in [1.807, 2.05) is 17.0 Å². The van der Waals surface area contributed by atoms with E-state index in [1.54, 1.807) is 12.3 Å². The van der Waals surface area contributed by atoms with Gasteiger partial charge in [-0.1, -0.05) is 12.1 Å². The van der Waals surface area contributed by atoms with E-state index in [4.69, 9.17) is 8.94 Å². The van der Waals surface area contributed by atoms with Gasteiger partial charge in [0.2, 0.25) is 0 Å². The van der Waals surface area contributed by atoms with E-state index >= 15 is 0 Å². The zero-order chi connectivity index (χ0) is 13.9. The summed E-state index contributed by atoms with van der Waals surface area (Å²) in [4.78, 5) is 14.4. The summed E-state index contributed by atoms with van der Waals surface area (Å²) in [5.41, 5.74) is 0.395. The van der Waals surface area contributed by atoms with E-state index in [1.165, 1.54) is 0 Å². The fourth-order valence-electron chi connectivity index (χ4n) is 2.71. The Hall–Kier alpha value is -2.04. The van der Waals surface area contributed by atoms with Crippen LogP contribution in [0.1, 0.15) is 54.2 Å². The van der Waals surface area contributed by atoms with Crippen molar-refractivity contribution in [2.45, 2.75) is 38.6 Å². The van der Waals surface area contributed by atoms with Crippen LogP contribution in [0.15, 0.2) is 33.4 Å². The lowest BCUT2D eigenvalue weighted by Gasteiger charge is -2.21. The molecule has 5 nitrogen and oxygen atoms in total. The highest BCUT2D eigenvalue weighted by molar-refractivity contribution is 5.92. The number of carbonyl (C=O) groups is 1. The molecule has 0 saturated carbocycles. The molecule has 1 aliphatic rings. The molecule has 0 spiro atoms. The summed E-state index contributed by atoms with van der Waals surface area (Å²) in [5.74, 6) is 1.53. The van der Waals surface area contributed by atoms with E-state index in [0.29, 0.717) is 5.69 Å². The van der Waals surface area contributed by atoms with Gasteiger partial charge in [-0.3, -0.25) is 4.79 Å². The van der Waals surface area contributed by atoms with Crippen molar-refractivity contribution in [3.8, 4) is 0 Å². The highest BCUT2D eigenvalue weighted by atomic mass is 16.5. The second kappa shape index (κ2) is 5.53. The van der Waals surface area contributed by atoms with Gasteiger partial charge in [-0.25, -0.2) is 0 Å². The van der Waals surface area contributed by atoms with Gasteiger partial charge in [0.1, 0.15) is 11.5 Å². The minimum absolute atomic E-state index is 0.0174. The second-order valence-electron chi connectivity index (χ2n) is 5.10. The summed E-state index contributed by atoms with van der Waals surface area (Å²) in [6.07, 6.45) is 5.34. The van der Waals surface area contributed by atoms with Crippen LogP contribution in [0.25, 0.3) is 0 Å². The first-order valence-corrected chi connectivity index (χ1v) is 7.09. The molecule has 3 heterocycles. The Kier molecular flexibility index (Phi) is 3.58. The number of rotatable bonds is 4. The fourth-order valence-corrected chi connectivity index (χ4v) is 2.71. The van der Waals surface area contributed by atoms with Gasteiger partial charge in [0.05, 0.1) is 12.3 Å². The number of aryl methyl sites for hydroxylation is 1. The molecule has 2 aromatic heterocycles. The molecule has 1 amide bonds. The monoisotopic (exact) mass is 274 g/mol. The molecule has 0 bridgehead atoms. The van der Waals surface area contributed by atoms with Crippen LogP contribution < -0.4 is 0 Å². The van der Waals surface area contributed by atoms with Crippen LogP contribution in [-0.4, -0.2) is 22.5 Å². The van der Waals surface area contributed by atoms with Crippen molar-refractivity contribution >= 4 is 5.91 Å². The summed E-state index contributed by atoms with van der Waals surface area (Å²) in [5, 5.41) is 3.90. The molecular weight excluding hydrogens is 256 g/mol. The lowest BCUT2D eigenvalue weighted by atomic mass is 10.1. The molecule has 0 aliphatic carbocycles. The molecule has 0 aromatic carbocycles. The third kappa shape index (κ3) is 2.35. The predicted molar refractivity (Wildman–Crippen MR) is 72.2 cm³/mol. The maximum Gasteiger partial charge on any atom is 0.276 e. The van der Waals surface area contributed by atoms with Crippen LogP contribution in [0.5, 0.6) is 0 Å². The second-order valence-corrected chi connectivity index (χ2v) is 5.10. The average Bonchev–Trinajstić information content (AvgIpc) is 3.19. The maximum absolute atomic E-state index is 12.5. The fraction of sp³-hybridized carbons (Fsp3) is 0.467. The Labute approximate surface area is 117 Å². The Morgan fingerprint density at radius 3 is 3.20 bits per heavy atom. The first-order valence-electron chi connectivity index (χ1n) is 7.09. The number of nitrogens with zero attached hydrogens (tertiary/aromatic N) is 2. The number of furan rings is 1. The van der Waals surface area contributed by atoms with Crippen molar-refractivity contribution in [3.05, 3.63) is 41.7 Å². The van der Waals surface area contributed by atoms with Crippen molar-refractivity contribution < 1.29 is 13.7 Å². The van der Waals surface area contributed by atoms with E-state index in [2.05, 4.69) is 12.1 Å². The Morgan fingerprint density at radius 1 is 1.55 bits per heavy atom. The Balaban J connectivity index is 1.78. The SMILES string of the molecule is CCCc1cc(C(=O)N2CCCC2c2ccco2)no1. The number of amides is 1. The van der Waals surface area contributed by atoms with Crippen molar-refractivity contribution in [3.63, 3.8) is 0 Å². The first kappa shape index (κ1) is 13.0. The molecule has 0 radical (unpaired) electrons. The molecule has 1 fully saturated rings. The van der Waals surface area contributed by atoms with Crippen LogP contribution in [0.4, 0.5) is 0 Å². The summed E-state index contributed by atoms with van der Waals surface area (Å²) in [7, 11) is 0. The molecular formula is C15H18N2O3. The normalized spacial score (nSPS) is 18.6. The van der Waals surface area contributed by atoms with Gasteiger partial charge < -0.3 is 13.8 Å². The van der Waals surface area contributed by atoms with E-state index in [9.17, 15) is 4.79 Å². The molecule has 5 heteroatoms. The van der Waals surface area contributed by atoms with E-state index < -0.39 is 0 Å². The predicted octanol–water partition coefficient (Wildman–Crippen LogP) is 3.20. The molecule has 1 unspecified atom stereocenters. The molecule has 1 saturated heterocycles. The number of hydrogen-bond acceptors (Lipinski definition) is 4. The number of hydrogen-bond donors (Lipinski definition) is 0. The average molecular weight is 274 g/mol. The minimum atomic E-state index is -0.0741. The van der Waals surface area contributed by atoms with Gasteiger partial charge in [-0.05, 0) is 31.4 Å². The molecule has 20 heavy (non-hydrogen) atoms. The quantitative estimate of drug-likeness (QED) is 0.859. The third-order valence-corrected chi connectivity index (χ3v) is 3.66. The van der Waals surface area contributed by atoms with Crippen LogP contribution >= 0.6 is 0 Å². The van der Waals surface area contributed by atoms with Crippen molar-refractivity contribution in [1.82, 2.24) is 10.1 Å². The first-order chi connectivity index (χ1) is 9.79. The zero-order valence-electron chi connectivity index (χ0n) is 11.5. The molecule has 1 aliphatic heterocycles. The van der Waals surface area contributed by atoms with Crippen LogP contribution in [0.2, 0.25) is 0 Å². The van der Waals surface area contributed by atoms with Crippen molar-refractivity contribution in [2.75, 3.05) is 6.54 Å². The van der Waals surface area contributed by atoms with E-state index in [-0.39, 0.29) is 11.9 Å². The maximum atomic E-state index is 12.5. The lowest BCUT2D eigenvalue weighted by molar-refractivity contribution is 0.0709. The van der Waals surface area contributed by atoms with Gasteiger partial charge in [0.25, 0.3) is 5.91 Å². The molecule has 0 N–H and O–H groups in total. The summed E-state index contributed by atoms with van der Waals surface area (Å²) in [6.45, 7) is 2.80. The summed E-state index contributed by atoms with van der Waals surface area (Å²) < 4.78 is 10.6. The van der Waals surface area contributed by atoms with Crippen LogP contribution in [-0.2, 0) is 6.42 Å². The van der Waals surface area contributed by atoms with Gasteiger partial charge in [0.15, 0.2) is 5.69 Å². The molecule has 3 rings (SSSR count). The summed E-state index contributed by atoms with van der Waals surface area (Å²) >= 11 is 0. The largest absolute Gasteiger partial charge is 0.467 e. The number of likely N-dealkylation sites (tertiary alicyclic amines) is 1. The smallest absolute Gasteiger partial charge is 0.276 e. The standard InChI is InChI=1S/C15H18N2O3/c1-2-5-11-10-12(16-20-11)15(18)17-8-3-6-13(17)14-7-4-9-19-14/h4,7,9-10,13H,2-3,5-6,8H2,1H3. The van der Waals surface area contributed by atoms with Crippen molar-refractivity contribution in [2.24, 2.45) is 0 Å².